The topological polar surface area (TPSA) is 63.0 Å². The molecule has 0 radical (unpaired) electrons. The van der Waals surface area contributed by atoms with E-state index in [1.165, 1.54) is 0 Å². The van der Waals surface area contributed by atoms with Gasteiger partial charge in [-0.05, 0) is 11.5 Å². The molecule has 3 heterocycles. The fourth-order valence-corrected chi connectivity index (χ4v) is 3.66. The number of nitrogens with zero attached hydrogens (tertiary/aromatic N) is 3. The summed E-state index contributed by atoms with van der Waals surface area (Å²) in [6.45, 7) is 0. The standard InChI is InChI=1S/C17H10N4OS/c22-17-16-19-5-6-21(16)15-13(7-10-8-18-9-23-10)11-3-1-2-4-12(11)14(15)20-17/h1-9H,(H,20,22)/b13-7+. The van der Waals surface area contributed by atoms with E-state index in [2.05, 4.69) is 27.1 Å². The zero-order chi connectivity index (χ0) is 15.4. The van der Waals surface area contributed by atoms with E-state index in [1.807, 2.05) is 40.5 Å². The van der Waals surface area contributed by atoms with Crippen molar-refractivity contribution >= 4 is 44.9 Å². The van der Waals surface area contributed by atoms with Crippen LogP contribution in [0, 0.1) is 0 Å². The van der Waals surface area contributed by atoms with Gasteiger partial charge in [-0.1, -0.05) is 24.3 Å². The van der Waals surface area contributed by atoms with Crippen LogP contribution in [0.2, 0.25) is 0 Å². The number of aromatic nitrogens is 4. The molecule has 23 heavy (non-hydrogen) atoms. The van der Waals surface area contributed by atoms with Gasteiger partial charge in [-0.3, -0.25) is 14.2 Å². The number of rotatable bonds is 1. The predicted molar refractivity (Wildman–Crippen MR) is 91.7 cm³/mol. The minimum Gasteiger partial charge on any atom is -0.317 e. The van der Waals surface area contributed by atoms with Gasteiger partial charge in [0.05, 0.1) is 16.5 Å². The van der Waals surface area contributed by atoms with Crippen LogP contribution in [-0.4, -0.2) is 19.4 Å². The van der Waals surface area contributed by atoms with Crippen molar-refractivity contribution in [3.63, 3.8) is 0 Å². The average molecular weight is 318 g/mol. The highest BCUT2D eigenvalue weighted by molar-refractivity contribution is 7.10. The fourth-order valence-electron chi connectivity index (χ4n) is 3.11. The quantitative estimate of drug-likeness (QED) is 0.516. The van der Waals surface area contributed by atoms with Crippen LogP contribution in [0.5, 0.6) is 0 Å². The molecule has 3 aromatic heterocycles. The Balaban J connectivity index is 2.14. The van der Waals surface area contributed by atoms with Crippen molar-refractivity contribution < 1.29 is 0 Å². The van der Waals surface area contributed by atoms with E-state index in [0.29, 0.717) is 5.65 Å². The molecule has 6 heteroatoms. The molecular weight excluding hydrogens is 308 g/mol. The predicted octanol–water partition coefficient (Wildman–Crippen LogP) is 2.33. The summed E-state index contributed by atoms with van der Waals surface area (Å²) in [5.41, 5.74) is 3.85. The first kappa shape index (κ1) is 12.5. The van der Waals surface area contributed by atoms with Gasteiger partial charge in [0.1, 0.15) is 0 Å². The first-order valence-electron chi connectivity index (χ1n) is 7.12. The SMILES string of the molecule is O=c1[nH]c2c3ccccc3/c(=C\c3cncs3)c2n2ccnc12. The Morgan fingerprint density at radius 2 is 2.09 bits per heavy atom. The molecule has 0 saturated carbocycles. The number of imidazole rings is 1. The number of H-pyrrole nitrogens is 1. The molecule has 0 aliphatic heterocycles. The lowest BCUT2D eigenvalue weighted by Gasteiger charge is -1.97. The van der Waals surface area contributed by atoms with Gasteiger partial charge >= 0.3 is 0 Å². The van der Waals surface area contributed by atoms with E-state index >= 15 is 0 Å². The van der Waals surface area contributed by atoms with Crippen molar-refractivity contribution in [2.75, 3.05) is 0 Å². The maximum atomic E-state index is 12.3. The molecule has 1 N–H and O–H groups in total. The maximum absolute atomic E-state index is 12.3. The van der Waals surface area contributed by atoms with Crippen LogP contribution >= 0.6 is 11.3 Å². The van der Waals surface area contributed by atoms with Crippen LogP contribution in [-0.2, 0) is 0 Å². The monoisotopic (exact) mass is 318 g/mol. The van der Waals surface area contributed by atoms with Crippen molar-refractivity contribution in [1.82, 2.24) is 19.4 Å². The summed E-state index contributed by atoms with van der Waals surface area (Å²) in [5.74, 6) is 0. The Morgan fingerprint density at radius 1 is 1.22 bits per heavy atom. The van der Waals surface area contributed by atoms with Crippen molar-refractivity contribution in [2.24, 2.45) is 0 Å². The normalized spacial score (nSPS) is 12.8. The Hall–Kier alpha value is -2.99. The number of aromatic amines is 1. The van der Waals surface area contributed by atoms with Gasteiger partial charge in [-0.15, -0.1) is 11.3 Å². The first-order valence-corrected chi connectivity index (χ1v) is 8.00. The highest BCUT2D eigenvalue weighted by atomic mass is 32.1. The number of nitrogens with one attached hydrogen (secondary N) is 1. The van der Waals surface area contributed by atoms with E-state index in [-0.39, 0.29) is 5.56 Å². The first-order chi connectivity index (χ1) is 11.3. The molecule has 5 rings (SSSR count). The summed E-state index contributed by atoms with van der Waals surface area (Å²) < 4.78 is 1.86. The molecule has 2 aromatic carbocycles. The van der Waals surface area contributed by atoms with Crippen LogP contribution in [0.4, 0.5) is 0 Å². The minimum atomic E-state index is -0.178. The largest absolute Gasteiger partial charge is 0.317 e. The van der Waals surface area contributed by atoms with Gasteiger partial charge in [0.2, 0.25) is 5.65 Å². The second-order valence-corrected chi connectivity index (χ2v) is 6.22. The minimum absolute atomic E-state index is 0.178. The summed E-state index contributed by atoms with van der Waals surface area (Å²) in [4.78, 5) is 24.6. The second-order valence-electron chi connectivity index (χ2n) is 5.31. The Labute approximate surface area is 133 Å². The van der Waals surface area contributed by atoms with E-state index in [9.17, 15) is 4.79 Å². The summed E-state index contributed by atoms with van der Waals surface area (Å²) >= 11 is 1.59. The van der Waals surface area contributed by atoms with Gasteiger partial charge in [0, 0.05) is 34.1 Å². The molecule has 0 aliphatic rings. The summed E-state index contributed by atoms with van der Waals surface area (Å²) in [6.07, 6.45) is 7.43. The Bertz CT molecular complexity index is 1280. The summed E-state index contributed by atoms with van der Waals surface area (Å²) in [7, 11) is 0. The lowest BCUT2D eigenvalue weighted by Crippen LogP contribution is -2.13. The van der Waals surface area contributed by atoms with Gasteiger partial charge < -0.3 is 4.98 Å². The lowest BCUT2D eigenvalue weighted by molar-refractivity contribution is 1.17. The van der Waals surface area contributed by atoms with E-state index in [1.54, 1.807) is 17.5 Å². The van der Waals surface area contributed by atoms with Crippen LogP contribution in [0.15, 0.2) is 53.2 Å². The second kappa shape index (κ2) is 4.50. The number of hydrogen-bond acceptors (Lipinski definition) is 4. The molecule has 0 saturated heterocycles. The smallest absolute Gasteiger partial charge is 0.292 e. The zero-order valence-corrected chi connectivity index (χ0v) is 12.7. The third-order valence-electron chi connectivity index (χ3n) is 4.04. The molecule has 0 bridgehead atoms. The number of fused-ring (bicyclic) bond motifs is 5. The van der Waals surface area contributed by atoms with Gasteiger partial charge in [0.15, 0.2) is 0 Å². The van der Waals surface area contributed by atoms with E-state index < -0.39 is 0 Å². The van der Waals surface area contributed by atoms with Crippen molar-refractivity contribution in [1.29, 1.82) is 0 Å². The third-order valence-corrected chi connectivity index (χ3v) is 4.76. The van der Waals surface area contributed by atoms with Crippen LogP contribution in [0.25, 0.3) is 33.5 Å². The highest BCUT2D eigenvalue weighted by Gasteiger charge is 2.13. The molecule has 0 unspecified atom stereocenters. The van der Waals surface area contributed by atoms with Gasteiger partial charge in [0.25, 0.3) is 5.56 Å². The van der Waals surface area contributed by atoms with Crippen molar-refractivity contribution in [3.05, 3.63) is 68.8 Å². The van der Waals surface area contributed by atoms with Crippen molar-refractivity contribution in [3.8, 4) is 0 Å². The molecule has 110 valence electrons. The van der Waals surface area contributed by atoms with Crippen LogP contribution in [0.3, 0.4) is 0 Å². The Kier molecular flexibility index (Phi) is 2.46. The molecule has 0 aliphatic carbocycles. The van der Waals surface area contributed by atoms with Crippen LogP contribution in [0.1, 0.15) is 4.88 Å². The number of hydrogen-bond donors (Lipinski definition) is 1. The molecule has 0 spiro atoms. The number of benzene rings is 1. The summed E-state index contributed by atoms with van der Waals surface area (Å²) in [6, 6.07) is 8.09. The van der Waals surface area contributed by atoms with Gasteiger partial charge in [-0.25, -0.2) is 4.98 Å². The molecule has 5 nitrogen and oxygen atoms in total. The third kappa shape index (κ3) is 1.69. The van der Waals surface area contributed by atoms with Gasteiger partial charge in [-0.2, -0.15) is 0 Å². The molecule has 5 aromatic rings. The maximum Gasteiger partial charge on any atom is 0.292 e. The fraction of sp³-hybridized carbons (Fsp3) is 0. The van der Waals surface area contributed by atoms with E-state index in [0.717, 1.165) is 31.9 Å². The highest BCUT2D eigenvalue weighted by Crippen LogP contribution is 2.22. The molecular formula is C17H10N4OS. The van der Waals surface area contributed by atoms with E-state index in [4.69, 9.17) is 0 Å². The molecule has 0 fully saturated rings. The summed E-state index contributed by atoms with van der Waals surface area (Å²) in [5, 5.41) is 3.21. The molecule has 0 amide bonds. The number of thiazole rings is 1. The Morgan fingerprint density at radius 3 is 2.91 bits per heavy atom. The molecule has 0 atom stereocenters. The zero-order valence-electron chi connectivity index (χ0n) is 11.9. The average Bonchev–Trinajstić information content (AvgIpc) is 3.28. The van der Waals surface area contributed by atoms with Crippen LogP contribution < -0.4 is 10.8 Å². The van der Waals surface area contributed by atoms with Crippen molar-refractivity contribution in [2.45, 2.75) is 0 Å². The lowest BCUT2D eigenvalue weighted by atomic mass is 10.2.